The molecule has 2 rings (SSSR count). The van der Waals surface area contributed by atoms with Crippen LogP contribution in [-0.2, 0) is 0 Å². The molecule has 1 unspecified atom stereocenters. The van der Waals surface area contributed by atoms with E-state index in [0.717, 1.165) is 6.42 Å². The molecule has 0 aliphatic heterocycles. The van der Waals surface area contributed by atoms with E-state index >= 15 is 0 Å². The topological polar surface area (TPSA) is 0 Å². The molecule has 22 heavy (non-hydrogen) atoms. The van der Waals surface area contributed by atoms with Crippen LogP contribution in [0.5, 0.6) is 0 Å². The molecule has 0 aromatic rings. The Hall–Kier alpha value is -2.34. The standard InChI is InChI=1S/C22H24/c1-5-9-14-19-18(12-7-3)21-16-11-13-17(8-4)22(21)20(19)15-10-6-2/h5-12,14-16,21H,1-2,13H2,3-4H3/b12-7-,14-9-,15-10-,17-8-. The van der Waals surface area contributed by atoms with Gasteiger partial charge in [0.25, 0.3) is 0 Å². The maximum Gasteiger partial charge on any atom is 0.0284 e. The van der Waals surface area contributed by atoms with E-state index in [0.29, 0.717) is 5.92 Å². The number of rotatable bonds is 5. The molecular weight excluding hydrogens is 264 g/mol. The van der Waals surface area contributed by atoms with E-state index in [1.54, 1.807) is 0 Å². The van der Waals surface area contributed by atoms with Gasteiger partial charge in [-0.15, -0.1) is 0 Å². The second-order valence-electron chi connectivity index (χ2n) is 5.31. The van der Waals surface area contributed by atoms with Gasteiger partial charge in [-0.05, 0) is 48.1 Å². The number of allylic oxidation sites excluding steroid dienone is 16. The maximum atomic E-state index is 3.81. The van der Waals surface area contributed by atoms with Crippen molar-refractivity contribution in [1.82, 2.24) is 0 Å². The van der Waals surface area contributed by atoms with E-state index in [2.05, 4.69) is 69.5 Å². The number of fused-ring (bicyclic) bond motifs is 1. The SMILES string of the molecule is C=C/C=C\C1=C(/C=C\C)C2C=CC/C(=C/C)C2=C1/C=C\C=C. The predicted molar refractivity (Wildman–Crippen MR) is 98.5 cm³/mol. The van der Waals surface area contributed by atoms with Crippen LogP contribution in [0.25, 0.3) is 0 Å². The molecule has 2 aliphatic rings. The fraction of sp³-hybridized carbons (Fsp3) is 0.182. The molecule has 0 N–H and O–H groups in total. The van der Waals surface area contributed by atoms with E-state index in [-0.39, 0.29) is 0 Å². The Kier molecular flexibility index (Phi) is 5.55. The second-order valence-corrected chi connectivity index (χ2v) is 5.31. The van der Waals surface area contributed by atoms with E-state index in [1.165, 1.54) is 27.9 Å². The lowest BCUT2D eigenvalue weighted by atomic mass is 9.83. The van der Waals surface area contributed by atoms with Crippen molar-refractivity contribution in [3.8, 4) is 0 Å². The van der Waals surface area contributed by atoms with Crippen molar-refractivity contribution in [2.75, 3.05) is 0 Å². The van der Waals surface area contributed by atoms with Gasteiger partial charge in [-0.25, -0.2) is 0 Å². The Morgan fingerprint density at radius 1 is 1.00 bits per heavy atom. The van der Waals surface area contributed by atoms with Gasteiger partial charge in [0.2, 0.25) is 0 Å². The summed E-state index contributed by atoms with van der Waals surface area (Å²) in [5.41, 5.74) is 6.78. The second kappa shape index (κ2) is 7.61. The summed E-state index contributed by atoms with van der Waals surface area (Å²) in [4.78, 5) is 0. The van der Waals surface area contributed by atoms with Crippen LogP contribution in [0.3, 0.4) is 0 Å². The average molecular weight is 288 g/mol. The fourth-order valence-electron chi connectivity index (χ4n) is 3.15. The number of hydrogen-bond acceptors (Lipinski definition) is 0. The molecule has 2 aliphatic carbocycles. The van der Waals surface area contributed by atoms with E-state index < -0.39 is 0 Å². The van der Waals surface area contributed by atoms with Crippen molar-refractivity contribution >= 4 is 0 Å². The normalized spacial score (nSPS) is 23.5. The highest BCUT2D eigenvalue weighted by Crippen LogP contribution is 2.46. The minimum Gasteiger partial charge on any atom is -0.0991 e. The Morgan fingerprint density at radius 2 is 1.68 bits per heavy atom. The summed E-state index contributed by atoms with van der Waals surface area (Å²) in [5.74, 6) is 0.352. The summed E-state index contributed by atoms with van der Waals surface area (Å²) in [6.45, 7) is 11.8. The van der Waals surface area contributed by atoms with E-state index in [9.17, 15) is 0 Å². The fourth-order valence-corrected chi connectivity index (χ4v) is 3.15. The molecule has 0 bridgehead atoms. The summed E-state index contributed by atoms with van der Waals surface area (Å²) in [7, 11) is 0. The third-order valence-corrected chi connectivity index (χ3v) is 4.04. The Labute approximate surface area is 134 Å². The van der Waals surface area contributed by atoms with Crippen LogP contribution < -0.4 is 0 Å². The van der Waals surface area contributed by atoms with Gasteiger partial charge in [-0.3, -0.25) is 0 Å². The maximum absolute atomic E-state index is 3.81. The lowest BCUT2D eigenvalue weighted by Crippen LogP contribution is -2.07. The van der Waals surface area contributed by atoms with Crippen LogP contribution in [0.2, 0.25) is 0 Å². The van der Waals surface area contributed by atoms with Crippen LogP contribution in [0, 0.1) is 5.92 Å². The molecule has 0 heterocycles. The lowest BCUT2D eigenvalue weighted by Gasteiger charge is -2.21. The average Bonchev–Trinajstić information content (AvgIpc) is 2.84. The third kappa shape index (κ3) is 2.96. The van der Waals surface area contributed by atoms with Gasteiger partial charge >= 0.3 is 0 Å². The molecule has 0 aromatic carbocycles. The van der Waals surface area contributed by atoms with Gasteiger partial charge in [0.15, 0.2) is 0 Å². The minimum absolute atomic E-state index is 0.352. The van der Waals surface area contributed by atoms with Crippen LogP contribution in [0.15, 0.2) is 108 Å². The minimum atomic E-state index is 0.352. The van der Waals surface area contributed by atoms with Gasteiger partial charge in [0, 0.05) is 5.92 Å². The summed E-state index contributed by atoms with van der Waals surface area (Å²) in [6.07, 6.45) is 24.2. The summed E-state index contributed by atoms with van der Waals surface area (Å²) in [6, 6.07) is 0. The van der Waals surface area contributed by atoms with Crippen molar-refractivity contribution in [3.05, 3.63) is 108 Å². The molecule has 0 spiro atoms. The summed E-state index contributed by atoms with van der Waals surface area (Å²) in [5, 5.41) is 0. The van der Waals surface area contributed by atoms with Gasteiger partial charge in [0.05, 0.1) is 0 Å². The quantitative estimate of drug-likeness (QED) is 0.419. The molecule has 0 aromatic heterocycles. The first-order chi connectivity index (χ1) is 10.8. The Morgan fingerprint density at radius 3 is 2.27 bits per heavy atom. The molecule has 1 atom stereocenters. The third-order valence-electron chi connectivity index (χ3n) is 4.04. The first-order valence-electron chi connectivity index (χ1n) is 7.80. The molecule has 112 valence electrons. The van der Waals surface area contributed by atoms with E-state index in [1.807, 2.05) is 24.3 Å². The zero-order chi connectivity index (χ0) is 15.9. The van der Waals surface area contributed by atoms with Crippen LogP contribution in [0.1, 0.15) is 20.3 Å². The molecule has 0 radical (unpaired) electrons. The highest BCUT2D eigenvalue weighted by molar-refractivity contribution is 5.69. The van der Waals surface area contributed by atoms with Crippen molar-refractivity contribution in [2.45, 2.75) is 20.3 Å². The first-order valence-corrected chi connectivity index (χ1v) is 7.80. The molecule has 0 nitrogen and oxygen atoms in total. The molecule has 0 saturated carbocycles. The molecular formula is C22H24. The van der Waals surface area contributed by atoms with Crippen molar-refractivity contribution < 1.29 is 0 Å². The van der Waals surface area contributed by atoms with E-state index in [4.69, 9.17) is 0 Å². The highest BCUT2D eigenvalue weighted by atomic mass is 14.3. The predicted octanol–water partition coefficient (Wildman–Crippen LogP) is 6.18. The number of hydrogen-bond donors (Lipinski definition) is 0. The van der Waals surface area contributed by atoms with Crippen molar-refractivity contribution in [3.63, 3.8) is 0 Å². The monoisotopic (exact) mass is 288 g/mol. The van der Waals surface area contributed by atoms with Gasteiger partial charge in [-0.2, -0.15) is 0 Å². The van der Waals surface area contributed by atoms with Gasteiger partial charge < -0.3 is 0 Å². The van der Waals surface area contributed by atoms with Crippen LogP contribution in [-0.4, -0.2) is 0 Å². The highest BCUT2D eigenvalue weighted by Gasteiger charge is 2.31. The van der Waals surface area contributed by atoms with Crippen LogP contribution in [0.4, 0.5) is 0 Å². The zero-order valence-electron chi connectivity index (χ0n) is 13.5. The van der Waals surface area contributed by atoms with Gasteiger partial charge in [-0.1, -0.05) is 80.0 Å². The molecule has 0 heteroatoms. The van der Waals surface area contributed by atoms with Crippen LogP contribution >= 0.6 is 0 Å². The molecule has 0 amide bonds. The molecule has 0 saturated heterocycles. The van der Waals surface area contributed by atoms with Crippen molar-refractivity contribution in [2.24, 2.45) is 5.92 Å². The summed E-state index contributed by atoms with van der Waals surface area (Å²) < 4.78 is 0. The Bertz CT molecular complexity index is 667. The van der Waals surface area contributed by atoms with Crippen molar-refractivity contribution in [1.29, 1.82) is 0 Å². The zero-order valence-corrected chi connectivity index (χ0v) is 13.5. The smallest absolute Gasteiger partial charge is 0.0284 e. The van der Waals surface area contributed by atoms with Gasteiger partial charge in [0.1, 0.15) is 0 Å². The lowest BCUT2D eigenvalue weighted by molar-refractivity contribution is 0.895. The first kappa shape index (κ1) is 16.0. The Balaban J connectivity index is 2.71. The summed E-state index contributed by atoms with van der Waals surface area (Å²) >= 11 is 0. The largest absolute Gasteiger partial charge is 0.0991 e. The molecule has 0 fully saturated rings.